The molecule has 3 aromatic rings. The largest absolute Gasteiger partial charge is 0.454 e. The third-order valence-electron chi connectivity index (χ3n) is 3.56. The summed E-state index contributed by atoms with van der Waals surface area (Å²) in [5.74, 6) is 2.17. The van der Waals surface area contributed by atoms with Gasteiger partial charge in [-0.2, -0.15) is 0 Å². The first-order valence-electron chi connectivity index (χ1n) is 6.78. The van der Waals surface area contributed by atoms with E-state index < -0.39 is 0 Å². The summed E-state index contributed by atoms with van der Waals surface area (Å²) in [6.45, 7) is 0.253. The number of benzene rings is 1. The first kappa shape index (κ1) is 15.0. The fourth-order valence-electron chi connectivity index (χ4n) is 2.32. The van der Waals surface area contributed by atoms with Crippen LogP contribution in [0, 0.1) is 0 Å². The Kier molecular flexibility index (Phi) is 3.82. The number of fused-ring (bicyclic) bond motifs is 2. The highest BCUT2D eigenvalue weighted by Gasteiger charge is 2.17. The Balaban J connectivity index is 1.65. The molecule has 118 valence electrons. The third-order valence-corrected chi connectivity index (χ3v) is 6.19. The van der Waals surface area contributed by atoms with Gasteiger partial charge in [0.15, 0.2) is 16.7 Å². The van der Waals surface area contributed by atoms with E-state index in [-0.39, 0.29) is 12.4 Å². The van der Waals surface area contributed by atoms with E-state index >= 15 is 0 Å². The van der Waals surface area contributed by atoms with Crippen LogP contribution in [0.25, 0.3) is 10.2 Å². The van der Waals surface area contributed by atoms with Crippen molar-refractivity contribution in [3.05, 3.63) is 44.0 Å². The number of hydrogen-bond acceptors (Lipinski definition) is 6. The number of nitrogens with zero attached hydrogens (tertiary/aromatic N) is 2. The molecular formula is C15H11BrN2O3S2. The van der Waals surface area contributed by atoms with Gasteiger partial charge in [0.05, 0.1) is 5.39 Å². The molecule has 0 spiro atoms. The molecule has 4 rings (SSSR count). The molecular weight excluding hydrogens is 400 g/mol. The first-order valence-corrected chi connectivity index (χ1v) is 9.44. The maximum absolute atomic E-state index is 12.3. The molecule has 0 amide bonds. The highest BCUT2D eigenvalue weighted by atomic mass is 79.9. The van der Waals surface area contributed by atoms with Gasteiger partial charge in [0.25, 0.3) is 5.56 Å². The van der Waals surface area contributed by atoms with Crippen molar-refractivity contribution in [2.75, 3.05) is 6.79 Å². The second-order valence-corrected chi connectivity index (χ2v) is 7.67. The van der Waals surface area contributed by atoms with Crippen molar-refractivity contribution in [3.63, 3.8) is 0 Å². The SMILES string of the molecule is Cn1c(SCc2cc3c(cc2Br)OCO3)nc2sccc2c1=O. The minimum atomic E-state index is -0.0106. The van der Waals surface area contributed by atoms with Gasteiger partial charge in [-0.25, -0.2) is 4.98 Å². The van der Waals surface area contributed by atoms with Gasteiger partial charge in [0.1, 0.15) is 4.83 Å². The zero-order valence-corrected chi connectivity index (χ0v) is 15.3. The maximum Gasteiger partial charge on any atom is 0.262 e. The fraction of sp³-hybridized carbons (Fsp3) is 0.200. The van der Waals surface area contributed by atoms with Crippen LogP contribution in [-0.4, -0.2) is 16.3 Å². The van der Waals surface area contributed by atoms with E-state index in [9.17, 15) is 4.79 Å². The molecule has 1 aromatic carbocycles. The minimum absolute atomic E-state index is 0.0106. The molecule has 0 saturated heterocycles. The van der Waals surface area contributed by atoms with Crippen LogP contribution in [0.1, 0.15) is 5.56 Å². The lowest BCUT2D eigenvalue weighted by Crippen LogP contribution is -2.19. The molecule has 1 aliphatic heterocycles. The zero-order chi connectivity index (χ0) is 16.0. The van der Waals surface area contributed by atoms with Gasteiger partial charge in [-0.15, -0.1) is 11.3 Å². The predicted molar refractivity (Wildman–Crippen MR) is 94.7 cm³/mol. The molecule has 0 unspecified atom stereocenters. The van der Waals surface area contributed by atoms with Crippen LogP contribution in [0.4, 0.5) is 0 Å². The summed E-state index contributed by atoms with van der Waals surface area (Å²) in [6.07, 6.45) is 0. The molecule has 0 atom stereocenters. The van der Waals surface area contributed by atoms with Crippen molar-refractivity contribution in [1.29, 1.82) is 0 Å². The van der Waals surface area contributed by atoms with E-state index in [1.54, 1.807) is 11.6 Å². The van der Waals surface area contributed by atoms with Gasteiger partial charge >= 0.3 is 0 Å². The Hall–Kier alpha value is -1.51. The molecule has 0 aliphatic carbocycles. The first-order chi connectivity index (χ1) is 11.1. The molecule has 2 aromatic heterocycles. The van der Waals surface area contributed by atoms with E-state index in [1.165, 1.54) is 23.1 Å². The summed E-state index contributed by atoms with van der Waals surface area (Å²) in [4.78, 5) is 17.7. The average molecular weight is 411 g/mol. The van der Waals surface area contributed by atoms with Crippen LogP contribution in [0.3, 0.4) is 0 Å². The molecule has 1 aliphatic rings. The number of hydrogen-bond donors (Lipinski definition) is 0. The Bertz CT molecular complexity index is 967. The van der Waals surface area contributed by atoms with Gasteiger partial charge in [0, 0.05) is 17.3 Å². The molecule has 0 N–H and O–H groups in total. The van der Waals surface area contributed by atoms with Crippen molar-refractivity contribution in [3.8, 4) is 11.5 Å². The number of ether oxygens (including phenoxy) is 2. The minimum Gasteiger partial charge on any atom is -0.454 e. The Labute approximate surface area is 148 Å². The number of thioether (sulfide) groups is 1. The average Bonchev–Trinajstić information content (AvgIpc) is 3.17. The van der Waals surface area contributed by atoms with Gasteiger partial charge < -0.3 is 9.47 Å². The molecule has 0 fully saturated rings. The summed E-state index contributed by atoms with van der Waals surface area (Å²) in [5, 5.41) is 3.27. The summed E-state index contributed by atoms with van der Waals surface area (Å²) >= 11 is 6.56. The molecule has 0 bridgehead atoms. The maximum atomic E-state index is 12.3. The monoisotopic (exact) mass is 410 g/mol. The van der Waals surface area contributed by atoms with Crippen LogP contribution in [0.5, 0.6) is 11.5 Å². The normalized spacial score (nSPS) is 13.0. The lowest BCUT2D eigenvalue weighted by Gasteiger charge is -2.09. The second kappa shape index (κ2) is 5.85. The van der Waals surface area contributed by atoms with E-state index in [2.05, 4.69) is 20.9 Å². The van der Waals surface area contributed by atoms with Crippen molar-refractivity contribution >= 4 is 49.2 Å². The third kappa shape index (κ3) is 2.64. The standard InChI is InChI=1S/C15H11BrN2O3S2/c1-18-14(19)9-2-3-22-13(9)17-15(18)23-6-8-4-11-12(5-10(8)16)21-7-20-11/h2-5H,6-7H2,1H3. The smallest absolute Gasteiger partial charge is 0.262 e. The molecule has 0 saturated carbocycles. The summed E-state index contributed by atoms with van der Waals surface area (Å²) in [5.41, 5.74) is 1.06. The number of halogens is 1. The van der Waals surface area contributed by atoms with E-state index in [1.807, 2.05) is 23.6 Å². The van der Waals surface area contributed by atoms with E-state index in [4.69, 9.17) is 9.47 Å². The molecule has 0 radical (unpaired) electrons. The highest BCUT2D eigenvalue weighted by molar-refractivity contribution is 9.10. The predicted octanol–water partition coefficient (Wildman–Crippen LogP) is 3.78. The van der Waals surface area contributed by atoms with Crippen LogP contribution in [-0.2, 0) is 12.8 Å². The van der Waals surface area contributed by atoms with Crippen molar-refractivity contribution < 1.29 is 9.47 Å². The summed E-state index contributed by atoms with van der Waals surface area (Å²) in [6, 6.07) is 5.69. The highest BCUT2D eigenvalue weighted by Crippen LogP contribution is 2.38. The van der Waals surface area contributed by atoms with Gasteiger partial charge in [-0.3, -0.25) is 9.36 Å². The topological polar surface area (TPSA) is 53.4 Å². The van der Waals surface area contributed by atoms with Crippen molar-refractivity contribution in [2.24, 2.45) is 7.05 Å². The zero-order valence-electron chi connectivity index (χ0n) is 12.0. The fourth-order valence-corrected chi connectivity index (χ4v) is 4.74. The Morgan fingerprint density at radius 2 is 2.17 bits per heavy atom. The van der Waals surface area contributed by atoms with Gasteiger partial charge in [-0.1, -0.05) is 27.7 Å². The van der Waals surface area contributed by atoms with Crippen LogP contribution in [0.15, 0.2) is 38.0 Å². The molecule has 23 heavy (non-hydrogen) atoms. The van der Waals surface area contributed by atoms with E-state index in [0.29, 0.717) is 16.3 Å². The van der Waals surface area contributed by atoms with Crippen LogP contribution < -0.4 is 15.0 Å². The molecule has 5 nitrogen and oxygen atoms in total. The van der Waals surface area contributed by atoms with Gasteiger partial charge in [-0.05, 0) is 29.1 Å². The van der Waals surface area contributed by atoms with Crippen molar-refractivity contribution in [1.82, 2.24) is 9.55 Å². The molecule has 8 heteroatoms. The van der Waals surface area contributed by atoms with Crippen LogP contribution >= 0.6 is 39.0 Å². The summed E-state index contributed by atoms with van der Waals surface area (Å²) in [7, 11) is 1.75. The number of thiophene rings is 1. The lowest BCUT2D eigenvalue weighted by atomic mass is 10.2. The van der Waals surface area contributed by atoms with Crippen molar-refractivity contribution in [2.45, 2.75) is 10.9 Å². The number of aromatic nitrogens is 2. The lowest BCUT2D eigenvalue weighted by molar-refractivity contribution is 0.174. The quantitative estimate of drug-likeness (QED) is 0.485. The van der Waals surface area contributed by atoms with E-state index in [0.717, 1.165) is 26.4 Å². The molecule has 3 heterocycles. The summed E-state index contributed by atoms with van der Waals surface area (Å²) < 4.78 is 13.3. The number of rotatable bonds is 3. The second-order valence-electron chi connectivity index (χ2n) is 4.98. The van der Waals surface area contributed by atoms with Gasteiger partial charge in [0.2, 0.25) is 6.79 Å². The Morgan fingerprint density at radius 3 is 3.00 bits per heavy atom. The Morgan fingerprint density at radius 1 is 1.39 bits per heavy atom. The van der Waals surface area contributed by atoms with Crippen LogP contribution in [0.2, 0.25) is 0 Å².